The van der Waals surface area contributed by atoms with Crippen LogP contribution < -0.4 is 0 Å². The van der Waals surface area contributed by atoms with Crippen LogP contribution in [-0.2, 0) is 4.74 Å². The van der Waals surface area contributed by atoms with Gasteiger partial charge in [0.2, 0.25) is 0 Å². The molecule has 1 aliphatic heterocycles. The minimum atomic E-state index is -0.121. The van der Waals surface area contributed by atoms with Crippen LogP contribution in [-0.4, -0.2) is 13.2 Å². The number of nitrogens with zero attached hydrogens (tertiary/aromatic N) is 1. The van der Waals surface area contributed by atoms with Gasteiger partial charge in [-0.25, -0.2) is 0 Å². The van der Waals surface area contributed by atoms with Gasteiger partial charge in [0.25, 0.3) is 0 Å². The van der Waals surface area contributed by atoms with Crippen molar-refractivity contribution < 1.29 is 4.74 Å². The predicted octanol–water partition coefficient (Wildman–Crippen LogP) is 2.89. The highest BCUT2D eigenvalue weighted by atomic mass is 16.5. The average Bonchev–Trinajstić information content (AvgIpc) is 2.54. The highest BCUT2D eigenvalue weighted by Gasteiger charge is 2.42. The summed E-state index contributed by atoms with van der Waals surface area (Å²) in [5.74, 6) is 0.609. The second-order valence-electron chi connectivity index (χ2n) is 4.76. The molecule has 2 fully saturated rings. The van der Waals surface area contributed by atoms with Crippen LogP contribution in [0.25, 0.3) is 0 Å². The average molecular weight is 193 g/mol. The van der Waals surface area contributed by atoms with Crippen LogP contribution in [0.1, 0.15) is 44.9 Å². The maximum Gasteiger partial charge on any atom is 0.0856 e. The second kappa shape index (κ2) is 4.31. The molecule has 0 bridgehead atoms. The lowest BCUT2D eigenvalue weighted by atomic mass is 9.72. The molecule has 2 rings (SSSR count). The minimum Gasteiger partial charge on any atom is -0.380 e. The Bertz CT molecular complexity index is 217. The van der Waals surface area contributed by atoms with E-state index in [1.807, 2.05) is 0 Å². The molecule has 0 radical (unpaired) electrons. The van der Waals surface area contributed by atoms with E-state index in [-0.39, 0.29) is 5.41 Å². The molecule has 1 atom stereocenters. The van der Waals surface area contributed by atoms with Crippen LogP contribution in [0.5, 0.6) is 0 Å². The Morgan fingerprint density at radius 1 is 1.14 bits per heavy atom. The summed E-state index contributed by atoms with van der Waals surface area (Å²) >= 11 is 0. The summed E-state index contributed by atoms with van der Waals surface area (Å²) in [5, 5.41) is 9.33. The summed E-state index contributed by atoms with van der Waals surface area (Å²) in [6.45, 7) is 1.48. The standard InChI is InChI=1S/C12H19NO/c13-9-12(7-8-14-10-12)11-5-3-1-2-4-6-11/h11H,1-8,10H2. The van der Waals surface area contributed by atoms with E-state index in [9.17, 15) is 5.26 Å². The quantitative estimate of drug-likeness (QED) is 0.600. The molecule has 2 nitrogen and oxygen atoms in total. The molecule has 1 aliphatic carbocycles. The normalized spacial score (nSPS) is 35.1. The molecule has 0 N–H and O–H groups in total. The third kappa shape index (κ3) is 1.79. The molecule has 14 heavy (non-hydrogen) atoms. The summed E-state index contributed by atoms with van der Waals surface area (Å²) in [5.41, 5.74) is -0.121. The minimum absolute atomic E-state index is 0.121. The van der Waals surface area contributed by atoms with Crippen molar-refractivity contribution in [3.05, 3.63) is 0 Å². The molecular formula is C12H19NO. The Labute approximate surface area is 86.2 Å². The van der Waals surface area contributed by atoms with Gasteiger partial charge in [0.15, 0.2) is 0 Å². The van der Waals surface area contributed by atoms with E-state index in [1.165, 1.54) is 38.5 Å². The van der Waals surface area contributed by atoms with Crippen LogP contribution >= 0.6 is 0 Å². The Kier molecular flexibility index (Phi) is 3.08. The first-order chi connectivity index (χ1) is 6.87. The molecule has 2 heteroatoms. The van der Waals surface area contributed by atoms with Crippen molar-refractivity contribution in [2.75, 3.05) is 13.2 Å². The molecule has 2 aliphatic rings. The topological polar surface area (TPSA) is 33.0 Å². The lowest BCUT2D eigenvalue weighted by Gasteiger charge is -2.28. The Morgan fingerprint density at radius 2 is 1.86 bits per heavy atom. The lowest BCUT2D eigenvalue weighted by Crippen LogP contribution is -2.29. The molecule has 78 valence electrons. The summed E-state index contributed by atoms with van der Waals surface area (Å²) < 4.78 is 5.42. The van der Waals surface area contributed by atoms with Crippen LogP contribution in [0.2, 0.25) is 0 Å². The van der Waals surface area contributed by atoms with Gasteiger partial charge in [0, 0.05) is 6.61 Å². The number of hydrogen-bond acceptors (Lipinski definition) is 2. The Morgan fingerprint density at radius 3 is 2.36 bits per heavy atom. The molecule has 0 aromatic carbocycles. The largest absolute Gasteiger partial charge is 0.380 e. The molecule has 0 spiro atoms. The molecule has 0 amide bonds. The van der Waals surface area contributed by atoms with Gasteiger partial charge in [0.05, 0.1) is 18.1 Å². The van der Waals surface area contributed by atoms with Gasteiger partial charge < -0.3 is 4.74 Å². The Balaban J connectivity index is 2.06. The van der Waals surface area contributed by atoms with Crippen molar-refractivity contribution in [2.45, 2.75) is 44.9 Å². The highest BCUT2D eigenvalue weighted by molar-refractivity contribution is 5.05. The van der Waals surface area contributed by atoms with E-state index in [2.05, 4.69) is 6.07 Å². The molecule has 0 aromatic heterocycles. The lowest BCUT2D eigenvalue weighted by molar-refractivity contribution is 0.136. The van der Waals surface area contributed by atoms with Gasteiger partial charge in [-0.2, -0.15) is 5.26 Å². The van der Waals surface area contributed by atoms with Crippen molar-refractivity contribution in [3.63, 3.8) is 0 Å². The van der Waals surface area contributed by atoms with Gasteiger partial charge in [-0.3, -0.25) is 0 Å². The molecular weight excluding hydrogens is 174 g/mol. The first-order valence-corrected chi connectivity index (χ1v) is 5.86. The number of ether oxygens (including phenoxy) is 1. The van der Waals surface area contributed by atoms with Gasteiger partial charge in [-0.15, -0.1) is 0 Å². The van der Waals surface area contributed by atoms with Crippen molar-refractivity contribution >= 4 is 0 Å². The molecule has 0 aromatic rings. The fourth-order valence-electron chi connectivity index (χ4n) is 2.91. The van der Waals surface area contributed by atoms with Crippen molar-refractivity contribution in [3.8, 4) is 6.07 Å². The first kappa shape index (κ1) is 9.98. The van der Waals surface area contributed by atoms with Gasteiger partial charge in [0.1, 0.15) is 0 Å². The van der Waals surface area contributed by atoms with E-state index < -0.39 is 0 Å². The molecule has 1 saturated carbocycles. The monoisotopic (exact) mass is 193 g/mol. The fraction of sp³-hybridized carbons (Fsp3) is 0.917. The number of nitriles is 1. The highest BCUT2D eigenvalue weighted by Crippen LogP contribution is 2.42. The number of rotatable bonds is 1. The zero-order chi connectivity index (χ0) is 9.86. The van der Waals surface area contributed by atoms with E-state index in [1.54, 1.807) is 0 Å². The molecule has 1 saturated heterocycles. The molecule has 1 unspecified atom stereocenters. The summed E-state index contributed by atoms with van der Waals surface area (Å²) in [6.07, 6.45) is 8.81. The van der Waals surface area contributed by atoms with Crippen LogP contribution in [0.3, 0.4) is 0 Å². The van der Waals surface area contributed by atoms with Crippen LogP contribution in [0.15, 0.2) is 0 Å². The number of hydrogen-bond donors (Lipinski definition) is 0. The smallest absolute Gasteiger partial charge is 0.0856 e. The fourth-order valence-corrected chi connectivity index (χ4v) is 2.91. The SMILES string of the molecule is N#CC1(C2CCCCCC2)CCOC1. The zero-order valence-corrected chi connectivity index (χ0v) is 8.80. The first-order valence-electron chi connectivity index (χ1n) is 5.86. The van der Waals surface area contributed by atoms with E-state index >= 15 is 0 Å². The van der Waals surface area contributed by atoms with Crippen molar-refractivity contribution in [2.24, 2.45) is 11.3 Å². The maximum atomic E-state index is 9.33. The molecule has 1 heterocycles. The van der Waals surface area contributed by atoms with Crippen molar-refractivity contribution in [1.82, 2.24) is 0 Å². The van der Waals surface area contributed by atoms with E-state index in [0.29, 0.717) is 12.5 Å². The summed E-state index contributed by atoms with van der Waals surface area (Å²) in [6, 6.07) is 2.55. The third-order valence-electron chi connectivity index (χ3n) is 3.91. The van der Waals surface area contributed by atoms with E-state index in [4.69, 9.17) is 4.74 Å². The maximum absolute atomic E-state index is 9.33. The summed E-state index contributed by atoms with van der Waals surface area (Å²) in [7, 11) is 0. The van der Waals surface area contributed by atoms with E-state index in [0.717, 1.165) is 13.0 Å². The summed E-state index contributed by atoms with van der Waals surface area (Å²) in [4.78, 5) is 0. The van der Waals surface area contributed by atoms with Gasteiger partial charge >= 0.3 is 0 Å². The van der Waals surface area contributed by atoms with Crippen molar-refractivity contribution in [1.29, 1.82) is 5.26 Å². The van der Waals surface area contributed by atoms with Gasteiger partial charge in [-0.05, 0) is 25.2 Å². The van der Waals surface area contributed by atoms with Crippen LogP contribution in [0, 0.1) is 22.7 Å². The zero-order valence-electron chi connectivity index (χ0n) is 8.80. The van der Waals surface area contributed by atoms with Gasteiger partial charge in [-0.1, -0.05) is 25.7 Å². The predicted molar refractivity (Wildman–Crippen MR) is 54.7 cm³/mol. The van der Waals surface area contributed by atoms with Crippen LogP contribution in [0.4, 0.5) is 0 Å². The Hall–Kier alpha value is -0.550. The second-order valence-corrected chi connectivity index (χ2v) is 4.76. The third-order valence-corrected chi connectivity index (χ3v) is 3.91.